The third-order valence-corrected chi connectivity index (χ3v) is 4.10. The van der Waals surface area contributed by atoms with Crippen LogP contribution in [0.3, 0.4) is 0 Å². The van der Waals surface area contributed by atoms with Crippen LogP contribution in [-0.4, -0.2) is 28.7 Å². The molecule has 3 rings (SSSR count). The molecule has 2 aromatic rings. The summed E-state index contributed by atoms with van der Waals surface area (Å²) < 4.78 is 0. The molecule has 6 heteroatoms. The quantitative estimate of drug-likeness (QED) is 0.827. The van der Waals surface area contributed by atoms with Gasteiger partial charge < -0.3 is 11.1 Å². The Balaban J connectivity index is 2.27. The minimum absolute atomic E-state index is 0.0729. The van der Waals surface area contributed by atoms with Crippen molar-refractivity contribution >= 4 is 28.3 Å². The number of carbonyl (C=O) groups excluding carboxylic acids is 2. The average Bonchev–Trinajstić information content (AvgIpc) is 3.26. The molecule has 1 aliphatic carbocycles. The molecular weight excluding hydrogens is 268 g/mol. The number of pyridine rings is 2. The summed E-state index contributed by atoms with van der Waals surface area (Å²) in [5.41, 5.74) is 5.99. The number of carbonyl (C=O) groups is 2. The van der Waals surface area contributed by atoms with Gasteiger partial charge in [0.05, 0.1) is 11.1 Å². The smallest absolute Gasteiger partial charge is 0.229 e. The lowest BCUT2D eigenvalue weighted by Crippen LogP contribution is -2.29. The number of amides is 1. The second kappa shape index (κ2) is 4.51. The number of fused-ring (bicyclic) bond motifs is 1. The number of nitrogens with one attached hydrogen (secondary N) is 1. The fourth-order valence-electron chi connectivity index (χ4n) is 2.63. The van der Waals surface area contributed by atoms with Gasteiger partial charge in [-0.25, -0.2) is 4.98 Å². The van der Waals surface area contributed by atoms with Gasteiger partial charge in [0.2, 0.25) is 5.91 Å². The molecule has 1 aliphatic rings. The van der Waals surface area contributed by atoms with E-state index in [-0.39, 0.29) is 11.7 Å². The highest BCUT2D eigenvalue weighted by molar-refractivity contribution is 6.09. The highest BCUT2D eigenvalue weighted by Crippen LogP contribution is 2.47. The number of aromatic nitrogens is 2. The van der Waals surface area contributed by atoms with E-state index in [1.165, 1.54) is 6.92 Å². The summed E-state index contributed by atoms with van der Waals surface area (Å²) in [6.45, 7) is 1.50. The largest absolute Gasteiger partial charge is 0.373 e. The lowest BCUT2D eigenvalue weighted by molar-refractivity contribution is -0.120. The SMILES string of the molecule is CNc1ncc(C(C)=O)c2cc(C3(C(N)=O)CC3)ncc12. The minimum Gasteiger partial charge on any atom is -0.373 e. The van der Waals surface area contributed by atoms with Crippen LogP contribution in [0.25, 0.3) is 10.8 Å². The van der Waals surface area contributed by atoms with Crippen LogP contribution in [0.4, 0.5) is 5.82 Å². The van der Waals surface area contributed by atoms with Gasteiger partial charge in [-0.1, -0.05) is 0 Å². The molecule has 0 radical (unpaired) electrons. The Hall–Kier alpha value is -2.50. The molecule has 0 unspecified atom stereocenters. The van der Waals surface area contributed by atoms with Crippen molar-refractivity contribution in [3.8, 4) is 0 Å². The molecule has 0 saturated heterocycles. The molecule has 0 aromatic carbocycles. The summed E-state index contributed by atoms with van der Waals surface area (Å²) in [6, 6.07) is 1.80. The fourth-order valence-corrected chi connectivity index (χ4v) is 2.63. The number of anilines is 1. The maximum Gasteiger partial charge on any atom is 0.229 e. The number of primary amides is 1. The van der Waals surface area contributed by atoms with E-state index in [1.54, 1.807) is 25.5 Å². The van der Waals surface area contributed by atoms with E-state index < -0.39 is 5.41 Å². The van der Waals surface area contributed by atoms with Gasteiger partial charge in [-0.3, -0.25) is 14.6 Å². The number of hydrogen-bond acceptors (Lipinski definition) is 5. The summed E-state index contributed by atoms with van der Waals surface area (Å²) in [5.74, 6) is 0.218. The first-order valence-corrected chi connectivity index (χ1v) is 6.77. The van der Waals surface area contributed by atoms with Crippen LogP contribution >= 0.6 is 0 Å². The zero-order chi connectivity index (χ0) is 15.2. The molecule has 1 saturated carbocycles. The van der Waals surface area contributed by atoms with E-state index in [0.717, 1.165) is 10.8 Å². The van der Waals surface area contributed by atoms with Gasteiger partial charge in [0.15, 0.2) is 5.78 Å². The van der Waals surface area contributed by atoms with Crippen molar-refractivity contribution in [2.24, 2.45) is 5.73 Å². The standard InChI is InChI=1S/C15H16N4O2/c1-8(20)10-6-19-13(17-2)11-7-18-12(5-9(10)11)15(3-4-15)14(16)21/h5-7H,3-4H2,1-2H3,(H2,16,21)(H,17,19). The Bertz CT molecular complexity index is 766. The van der Waals surface area contributed by atoms with E-state index in [4.69, 9.17) is 5.73 Å². The lowest BCUT2D eigenvalue weighted by atomic mass is 9.97. The molecule has 6 nitrogen and oxygen atoms in total. The molecule has 1 fully saturated rings. The number of hydrogen-bond donors (Lipinski definition) is 2. The van der Waals surface area contributed by atoms with Crippen molar-refractivity contribution < 1.29 is 9.59 Å². The van der Waals surface area contributed by atoms with Crippen molar-refractivity contribution in [1.82, 2.24) is 9.97 Å². The van der Waals surface area contributed by atoms with Gasteiger partial charge in [0.25, 0.3) is 0 Å². The molecular formula is C15H16N4O2. The zero-order valence-corrected chi connectivity index (χ0v) is 11.9. The zero-order valence-electron chi connectivity index (χ0n) is 11.9. The Labute approximate surface area is 121 Å². The first-order valence-electron chi connectivity index (χ1n) is 6.77. The van der Waals surface area contributed by atoms with Crippen molar-refractivity contribution in [1.29, 1.82) is 0 Å². The number of ketones is 1. The van der Waals surface area contributed by atoms with Gasteiger partial charge in [-0.15, -0.1) is 0 Å². The Morgan fingerprint density at radius 2 is 1.95 bits per heavy atom. The summed E-state index contributed by atoms with van der Waals surface area (Å²) in [4.78, 5) is 32.1. The molecule has 1 amide bonds. The van der Waals surface area contributed by atoms with Gasteiger partial charge in [-0.2, -0.15) is 0 Å². The van der Waals surface area contributed by atoms with Crippen molar-refractivity contribution in [2.45, 2.75) is 25.2 Å². The third kappa shape index (κ3) is 1.94. The number of nitrogens with zero attached hydrogens (tertiary/aromatic N) is 2. The topological polar surface area (TPSA) is 98.0 Å². The molecule has 0 aliphatic heterocycles. The third-order valence-electron chi connectivity index (χ3n) is 4.10. The molecule has 108 valence electrons. The Morgan fingerprint density at radius 1 is 1.24 bits per heavy atom. The lowest BCUT2D eigenvalue weighted by Gasteiger charge is -2.13. The molecule has 0 bridgehead atoms. The Morgan fingerprint density at radius 3 is 2.48 bits per heavy atom. The second-order valence-corrected chi connectivity index (χ2v) is 5.39. The monoisotopic (exact) mass is 284 g/mol. The average molecular weight is 284 g/mol. The molecule has 2 aromatic heterocycles. The molecule has 2 heterocycles. The van der Waals surface area contributed by atoms with Gasteiger partial charge in [0, 0.05) is 35.8 Å². The molecule has 0 spiro atoms. The van der Waals surface area contributed by atoms with Crippen LogP contribution in [0.5, 0.6) is 0 Å². The highest BCUT2D eigenvalue weighted by Gasteiger charge is 2.51. The summed E-state index contributed by atoms with van der Waals surface area (Å²) in [6.07, 6.45) is 4.61. The van der Waals surface area contributed by atoms with E-state index in [9.17, 15) is 9.59 Å². The molecule has 3 N–H and O–H groups in total. The maximum atomic E-state index is 11.8. The van der Waals surface area contributed by atoms with Gasteiger partial charge in [-0.05, 0) is 25.8 Å². The van der Waals surface area contributed by atoms with E-state index in [2.05, 4.69) is 15.3 Å². The van der Waals surface area contributed by atoms with Crippen molar-refractivity contribution in [3.05, 3.63) is 29.7 Å². The van der Waals surface area contributed by atoms with Crippen LogP contribution in [0.15, 0.2) is 18.5 Å². The van der Waals surface area contributed by atoms with Crippen LogP contribution in [0, 0.1) is 0 Å². The van der Waals surface area contributed by atoms with Crippen LogP contribution in [0.1, 0.15) is 35.8 Å². The van der Waals surface area contributed by atoms with Crippen molar-refractivity contribution in [2.75, 3.05) is 12.4 Å². The molecule has 0 atom stereocenters. The van der Waals surface area contributed by atoms with Gasteiger partial charge >= 0.3 is 0 Å². The number of nitrogens with two attached hydrogens (primary N) is 1. The highest BCUT2D eigenvalue weighted by atomic mass is 16.1. The number of Topliss-reactive ketones (excluding diaryl/α,β-unsaturated/α-hetero) is 1. The Kier molecular flexibility index (Phi) is 2.90. The first kappa shape index (κ1) is 13.5. The van der Waals surface area contributed by atoms with E-state index in [0.29, 0.717) is 29.9 Å². The predicted molar refractivity (Wildman–Crippen MR) is 79.2 cm³/mol. The van der Waals surface area contributed by atoms with E-state index >= 15 is 0 Å². The second-order valence-electron chi connectivity index (χ2n) is 5.39. The normalized spacial score (nSPS) is 15.7. The van der Waals surface area contributed by atoms with Crippen molar-refractivity contribution in [3.63, 3.8) is 0 Å². The summed E-state index contributed by atoms with van der Waals surface area (Å²) in [7, 11) is 1.76. The minimum atomic E-state index is -0.661. The van der Waals surface area contributed by atoms with Crippen LogP contribution in [-0.2, 0) is 10.2 Å². The summed E-state index contributed by atoms with van der Waals surface area (Å²) in [5, 5.41) is 4.49. The van der Waals surface area contributed by atoms with Gasteiger partial charge in [0.1, 0.15) is 5.82 Å². The first-order chi connectivity index (χ1) is 9.99. The van der Waals surface area contributed by atoms with Crippen LogP contribution < -0.4 is 11.1 Å². The molecule has 21 heavy (non-hydrogen) atoms. The van der Waals surface area contributed by atoms with Crippen LogP contribution in [0.2, 0.25) is 0 Å². The maximum absolute atomic E-state index is 11.8. The number of rotatable bonds is 4. The summed E-state index contributed by atoms with van der Waals surface area (Å²) >= 11 is 0. The fraction of sp³-hybridized carbons (Fsp3) is 0.333. The predicted octanol–water partition coefficient (Wildman–Crippen LogP) is 1.39. The van der Waals surface area contributed by atoms with E-state index in [1.807, 2.05) is 0 Å².